The van der Waals surface area contributed by atoms with E-state index in [0.717, 1.165) is 0 Å². The molecule has 0 unspecified atom stereocenters. The molecule has 1 aromatic carbocycles. The summed E-state index contributed by atoms with van der Waals surface area (Å²) in [7, 11) is -3.70. The Morgan fingerprint density at radius 3 is 2.46 bits per heavy atom. The molecule has 2 heterocycles. The predicted molar refractivity (Wildman–Crippen MR) is 98.6 cm³/mol. The zero-order valence-corrected chi connectivity index (χ0v) is 16.6. The van der Waals surface area contributed by atoms with E-state index in [1.807, 2.05) is 0 Å². The molecule has 1 amide bonds. The molecule has 1 aliphatic heterocycles. The number of halogens is 1. The summed E-state index contributed by atoms with van der Waals surface area (Å²) >= 11 is 0. The van der Waals surface area contributed by atoms with E-state index in [2.05, 4.69) is 5.16 Å². The minimum absolute atomic E-state index is 0.0253. The Morgan fingerprint density at radius 2 is 1.86 bits per heavy atom. The van der Waals surface area contributed by atoms with Crippen molar-refractivity contribution in [1.82, 2.24) is 14.4 Å². The van der Waals surface area contributed by atoms with Crippen LogP contribution in [0.15, 0.2) is 33.7 Å². The lowest BCUT2D eigenvalue weighted by Gasteiger charge is -2.34. The Kier molecular flexibility index (Phi) is 4.75. The minimum atomic E-state index is -3.70. The quantitative estimate of drug-likeness (QED) is 0.775. The van der Waals surface area contributed by atoms with Crippen LogP contribution in [0.25, 0.3) is 0 Å². The van der Waals surface area contributed by atoms with Crippen LogP contribution in [-0.2, 0) is 14.8 Å². The zero-order chi connectivity index (χ0) is 20.1. The number of carbonyl (C=O) groups is 1. The van der Waals surface area contributed by atoms with E-state index < -0.39 is 10.0 Å². The predicted octanol–water partition coefficient (Wildman–Crippen LogP) is 2.07. The highest BCUT2D eigenvalue weighted by Crippen LogP contribution is 2.49. The van der Waals surface area contributed by atoms with E-state index in [4.69, 9.17) is 4.52 Å². The first-order chi connectivity index (χ1) is 13.3. The summed E-state index contributed by atoms with van der Waals surface area (Å²) in [5.41, 5.74) is 0.919. The van der Waals surface area contributed by atoms with Crippen molar-refractivity contribution in [1.29, 1.82) is 0 Å². The Balaban J connectivity index is 1.40. The molecule has 2 fully saturated rings. The molecule has 150 valence electrons. The number of benzene rings is 1. The fourth-order valence-electron chi connectivity index (χ4n) is 3.94. The van der Waals surface area contributed by atoms with Crippen molar-refractivity contribution in [2.45, 2.75) is 31.1 Å². The lowest BCUT2D eigenvalue weighted by atomic mass is 10.1. The third-order valence-electron chi connectivity index (χ3n) is 5.53. The van der Waals surface area contributed by atoms with Crippen LogP contribution in [-0.4, -0.2) is 54.9 Å². The van der Waals surface area contributed by atoms with Crippen LogP contribution in [0.5, 0.6) is 0 Å². The largest absolute Gasteiger partial charge is 0.360 e. The van der Waals surface area contributed by atoms with Crippen molar-refractivity contribution in [3.63, 3.8) is 0 Å². The number of hydrogen-bond acceptors (Lipinski definition) is 5. The number of aryl methyl sites for hydroxylation is 2. The summed E-state index contributed by atoms with van der Waals surface area (Å²) in [5, 5.41) is 3.72. The monoisotopic (exact) mass is 407 g/mol. The van der Waals surface area contributed by atoms with Gasteiger partial charge < -0.3 is 9.42 Å². The van der Waals surface area contributed by atoms with Crippen LogP contribution in [0.2, 0.25) is 0 Å². The number of piperazine rings is 1. The smallest absolute Gasteiger partial charge is 0.248 e. The first kappa shape index (κ1) is 19.1. The molecule has 28 heavy (non-hydrogen) atoms. The maximum Gasteiger partial charge on any atom is 0.248 e. The number of sulfonamides is 1. The molecule has 2 atom stereocenters. The third-order valence-corrected chi connectivity index (χ3v) is 7.67. The molecule has 1 saturated carbocycles. The van der Waals surface area contributed by atoms with Gasteiger partial charge in [0.2, 0.25) is 15.9 Å². The Labute approximate surface area is 163 Å². The number of nitrogens with zero attached hydrogens (tertiary/aromatic N) is 3. The van der Waals surface area contributed by atoms with Gasteiger partial charge in [-0.2, -0.15) is 4.31 Å². The molecule has 1 saturated heterocycles. The summed E-state index contributed by atoms with van der Waals surface area (Å²) in [5.74, 6) is -0.345. The summed E-state index contributed by atoms with van der Waals surface area (Å²) in [6.07, 6.45) is 0.636. The molecule has 0 bridgehead atoms. The Morgan fingerprint density at radius 1 is 1.18 bits per heavy atom. The van der Waals surface area contributed by atoms with E-state index in [9.17, 15) is 17.6 Å². The van der Waals surface area contributed by atoms with Gasteiger partial charge in [-0.15, -0.1) is 0 Å². The second-order valence-electron chi connectivity index (χ2n) is 7.35. The van der Waals surface area contributed by atoms with Crippen molar-refractivity contribution in [2.24, 2.45) is 5.92 Å². The van der Waals surface area contributed by atoms with E-state index in [1.165, 1.54) is 10.4 Å². The van der Waals surface area contributed by atoms with Gasteiger partial charge in [-0.3, -0.25) is 4.79 Å². The second-order valence-corrected chi connectivity index (χ2v) is 9.23. The summed E-state index contributed by atoms with van der Waals surface area (Å²) in [6, 6.07) is 6.54. The fraction of sp³-hybridized carbons (Fsp3) is 0.474. The lowest BCUT2D eigenvalue weighted by Crippen LogP contribution is -2.51. The summed E-state index contributed by atoms with van der Waals surface area (Å²) in [4.78, 5) is 14.6. The van der Waals surface area contributed by atoms with Crippen molar-refractivity contribution in [2.75, 3.05) is 26.2 Å². The highest BCUT2D eigenvalue weighted by atomic mass is 32.2. The molecule has 1 aliphatic carbocycles. The summed E-state index contributed by atoms with van der Waals surface area (Å²) in [6.45, 7) is 4.25. The van der Waals surface area contributed by atoms with Crippen molar-refractivity contribution in [3.05, 3.63) is 47.1 Å². The molecule has 0 N–H and O–H groups in total. The van der Waals surface area contributed by atoms with Crippen LogP contribution in [0.3, 0.4) is 0 Å². The number of hydrogen-bond donors (Lipinski definition) is 0. The molecular weight excluding hydrogens is 385 g/mol. The standard InChI is InChI=1S/C19H22FN3O4S/c1-12-18(13(2)27-21-12)28(25,26)23-9-7-22(8-10-23)19(24)16-11-15(16)14-5-3-4-6-17(14)20/h3-6,15-16H,7-11H2,1-2H3/t15-,16+/m1/s1. The zero-order valence-electron chi connectivity index (χ0n) is 15.8. The molecular formula is C19H22FN3O4S. The van der Waals surface area contributed by atoms with Gasteiger partial charge in [0.1, 0.15) is 16.4 Å². The minimum Gasteiger partial charge on any atom is -0.360 e. The van der Waals surface area contributed by atoms with Crippen LogP contribution < -0.4 is 0 Å². The molecule has 1 aromatic heterocycles. The average Bonchev–Trinajstić information content (AvgIpc) is 3.39. The Hall–Kier alpha value is -2.26. The van der Waals surface area contributed by atoms with Crippen LogP contribution in [0.1, 0.15) is 29.4 Å². The average molecular weight is 407 g/mol. The van der Waals surface area contributed by atoms with Gasteiger partial charge >= 0.3 is 0 Å². The fourth-order valence-corrected chi connectivity index (χ4v) is 5.66. The van der Waals surface area contributed by atoms with Crippen molar-refractivity contribution < 1.29 is 22.1 Å². The number of carbonyl (C=O) groups excluding carboxylic acids is 1. The maximum atomic E-state index is 13.9. The Bertz CT molecular complexity index is 992. The third kappa shape index (κ3) is 3.22. The van der Waals surface area contributed by atoms with Gasteiger partial charge in [-0.05, 0) is 37.8 Å². The first-order valence-electron chi connectivity index (χ1n) is 9.27. The van der Waals surface area contributed by atoms with Gasteiger partial charge in [0.05, 0.1) is 0 Å². The molecule has 9 heteroatoms. The first-order valence-corrected chi connectivity index (χ1v) is 10.7. The SMILES string of the molecule is Cc1noc(C)c1S(=O)(=O)N1CCN(C(=O)[C@H]2C[C@@H]2c2ccccc2F)CC1. The van der Waals surface area contributed by atoms with E-state index >= 15 is 0 Å². The molecule has 2 aromatic rings. The van der Waals surface area contributed by atoms with Crippen molar-refractivity contribution in [3.8, 4) is 0 Å². The molecule has 4 rings (SSSR count). The molecule has 0 radical (unpaired) electrons. The van der Waals surface area contributed by atoms with Gasteiger partial charge in [0, 0.05) is 32.1 Å². The molecule has 7 nitrogen and oxygen atoms in total. The maximum absolute atomic E-state index is 13.9. The van der Waals surface area contributed by atoms with Gasteiger partial charge in [0.25, 0.3) is 0 Å². The number of rotatable bonds is 4. The number of aromatic nitrogens is 1. The highest BCUT2D eigenvalue weighted by molar-refractivity contribution is 7.89. The molecule has 0 spiro atoms. The van der Waals surface area contributed by atoms with Gasteiger partial charge in [-0.25, -0.2) is 12.8 Å². The highest BCUT2D eigenvalue weighted by Gasteiger charge is 2.47. The van der Waals surface area contributed by atoms with Gasteiger partial charge in [0.15, 0.2) is 5.76 Å². The van der Waals surface area contributed by atoms with E-state index in [1.54, 1.807) is 36.9 Å². The van der Waals surface area contributed by atoms with E-state index in [-0.39, 0.29) is 47.3 Å². The summed E-state index contributed by atoms with van der Waals surface area (Å²) < 4.78 is 46.0. The molecule has 2 aliphatic rings. The van der Waals surface area contributed by atoms with Crippen molar-refractivity contribution >= 4 is 15.9 Å². The van der Waals surface area contributed by atoms with Crippen LogP contribution in [0, 0.1) is 25.6 Å². The van der Waals surface area contributed by atoms with Gasteiger partial charge in [-0.1, -0.05) is 23.4 Å². The van der Waals surface area contributed by atoms with E-state index in [0.29, 0.717) is 30.8 Å². The van der Waals surface area contributed by atoms with Crippen LogP contribution in [0.4, 0.5) is 4.39 Å². The second kappa shape index (κ2) is 6.97. The van der Waals surface area contributed by atoms with Crippen LogP contribution >= 0.6 is 0 Å². The topological polar surface area (TPSA) is 83.7 Å². The lowest BCUT2D eigenvalue weighted by molar-refractivity contribution is -0.133. The number of amides is 1. The normalized spacial score (nSPS) is 23.0.